The molecule has 1 aliphatic heterocycles. The number of carbonyl (C=O) groups excluding carboxylic acids is 1. The summed E-state index contributed by atoms with van der Waals surface area (Å²) >= 11 is 1.25. The summed E-state index contributed by atoms with van der Waals surface area (Å²) < 4.78 is 60.1. The van der Waals surface area contributed by atoms with Crippen molar-refractivity contribution in [2.75, 3.05) is 20.2 Å². The van der Waals surface area contributed by atoms with Crippen LogP contribution in [0.15, 0.2) is 12.1 Å². The molecule has 31 heavy (non-hydrogen) atoms. The number of benzene rings is 1. The Labute approximate surface area is 185 Å². The molecule has 4 nitrogen and oxygen atoms in total. The third kappa shape index (κ3) is 6.75. The summed E-state index contributed by atoms with van der Waals surface area (Å²) in [7, 11) is 1.53. The minimum absolute atomic E-state index is 0.0979. The van der Waals surface area contributed by atoms with Crippen LogP contribution in [0, 0.1) is 17.7 Å². The lowest BCUT2D eigenvalue weighted by molar-refractivity contribution is -0.183. The highest BCUT2D eigenvalue weighted by molar-refractivity contribution is 7.95. The van der Waals surface area contributed by atoms with Crippen LogP contribution >= 0.6 is 12.1 Å². The number of alkyl halides is 3. The Morgan fingerprint density at radius 1 is 1.13 bits per heavy atom. The molecule has 3 aliphatic rings. The summed E-state index contributed by atoms with van der Waals surface area (Å²) in [6, 6.07) is 2.95. The molecule has 0 aromatic heterocycles. The number of ether oxygens (including phenoxy) is 1. The Bertz CT molecular complexity index is 759. The van der Waals surface area contributed by atoms with Crippen LogP contribution in [0.3, 0.4) is 0 Å². The van der Waals surface area contributed by atoms with Crippen molar-refractivity contribution in [2.45, 2.75) is 64.0 Å². The Kier molecular flexibility index (Phi) is 8.13. The van der Waals surface area contributed by atoms with Crippen molar-refractivity contribution in [1.29, 1.82) is 0 Å². The van der Waals surface area contributed by atoms with Crippen LogP contribution < -0.4 is 9.46 Å². The van der Waals surface area contributed by atoms with E-state index in [1.807, 2.05) is 11.2 Å². The van der Waals surface area contributed by atoms with E-state index in [1.54, 1.807) is 6.07 Å². The van der Waals surface area contributed by atoms with Crippen LogP contribution in [0.25, 0.3) is 0 Å². The number of hydrogen-bond acceptors (Lipinski definition) is 4. The van der Waals surface area contributed by atoms with Gasteiger partial charge in [0.05, 0.1) is 18.6 Å². The maximum atomic E-state index is 14.0. The third-order valence-corrected chi connectivity index (χ3v) is 7.04. The molecule has 1 aromatic rings. The Balaban J connectivity index is 0.000000210. The van der Waals surface area contributed by atoms with Crippen LogP contribution in [0.2, 0.25) is 0 Å². The molecular formula is C22H30F4N2O2S. The second-order valence-corrected chi connectivity index (χ2v) is 9.55. The van der Waals surface area contributed by atoms with Crippen molar-refractivity contribution in [3.63, 3.8) is 0 Å². The molecule has 3 fully saturated rings. The van der Waals surface area contributed by atoms with Crippen LogP contribution in [-0.4, -0.2) is 36.6 Å². The average molecular weight is 463 g/mol. The fraction of sp³-hybridized carbons (Fsp3) is 0.682. The fourth-order valence-corrected chi connectivity index (χ4v) is 4.53. The van der Waals surface area contributed by atoms with Gasteiger partial charge in [0.25, 0.3) is 5.91 Å². The number of amides is 1. The van der Waals surface area contributed by atoms with E-state index >= 15 is 0 Å². The zero-order valence-corrected chi connectivity index (χ0v) is 18.8. The number of nitrogens with zero attached hydrogens (tertiary/aromatic N) is 1. The second kappa shape index (κ2) is 10.4. The lowest BCUT2D eigenvalue weighted by Crippen LogP contribution is -2.35. The average Bonchev–Trinajstić information content (AvgIpc) is 3.51. The minimum atomic E-state index is -3.94. The number of carbonyl (C=O) groups is 1. The lowest BCUT2D eigenvalue weighted by Gasteiger charge is -2.28. The van der Waals surface area contributed by atoms with E-state index in [9.17, 15) is 22.4 Å². The predicted molar refractivity (Wildman–Crippen MR) is 113 cm³/mol. The molecule has 2 saturated carbocycles. The molecule has 1 amide bonds. The van der Waals surface area contributed by atoms with Gasteiger partial charge in [-0.25, -0.2) is 8.70 Å². The molecule has 1 N–H and O–H groups in total. The standard InChI is InChI=1S/C14H17FN2O2S.C8H13F3/c1-19-13-8-12(15)11(7-10(13)9-3-4-9)14(18)16-20-17-5-2-6-17;1-6-2-4-7(5-3-6)8(9,10)11/h7-9H,2-6H2,1H3,(H,16,18);6-7H,2-5H2,1H3. The summed E-state index contributed by atoms with van der Waals surface area (Å²) in [6.07, 6.45) is 1.51. The summed E-state index contributed by atoms with van der Waals surface area (Å²) in [5.74, 6) is -0.499. The second-order valence-electron chi connectivity index (χ2n) is 8.65. The van der Waals surface area contributed by atoms with E-state index < -0.39 is 17.9 Å². The highest BCUT2D eigenvalue weighted by Crippen LogP contribution is 2.45. The van der Waals surface area contributed by atoms with Crippen LogP contribution in [0.1, 0.15) is 73.7 Å². The maximum absolute atomic E-state index is 14.0. The first-order valence-electron chi connectivity index (χ1n) is 10.9. The highest BCUT2D eigenvalue weighted by atomic mass is 32.2. The summed E-state index contributed by atoms with van der Waals surface area (Å²) in [6.45, 7) is 3.94. The van der Waals surface area contributed by atoms with Crippen molar-refractivity contribution >= 4 is 18.0 Å². The zero-order chi connectivity index (χ0) is 22.6. The zero-order valence-electron chi connectivity index (χ0n) is 17.9. The normalized spacial score (nSPS) is 23.9. The van der Waals surface area contributed by atoms with Gasteiger partial charge in [0.15, 0.2) is 0 Å². The predicted octanol–water partition coefficient (Wildman–Crippen LogP) is 6.09. The van der Waals surface area contributed by atoms with Crippen molar-refractivity contribution in [3.05, 3.63) is 29.1 Å². The van der Waals surface area contributed by atoms with Crippen LogP contribution in [0.5, 0.6) is 5.75 Å². The number of methoxy groups -OCH3 is 1. The molecule has 9 heteroatoms. The third-order valence-electron chi connectivity index (χ3n) is 6.14. The molecule has 1 aromatic carbocycles. The fourth-order valence-electron chi connectivity index (χ4n) is 3.76. The number of halogens is 4. The topological polar surface area (TPSA) is 41.6 Å². The van der Waals surface area contributed by atoms with E-state index in [0.717, 1.165) is 50.8 Å². The van der Waals surface area contributed by atoms with E-state index in [-0.39, 0.29) is 11.5 Å². The Hall–Kier alpha value is -1.48. The van der Waals surface area contributed by atoms with Crippen molar-refractivity contribution < 1.29 is 27.1 Å². The molecule has 1 heterocycles. The quantitative estimate of drug-likeness (QED) is 0.425. The molecule has 1 saturated heterocycles. The van der Waals surface area contributed by atoms with Gasteiger partial charge in [-0.15, -0.1) is 0 Å². The van der Waals surface area contributed by atoms with Gasteiger partial charge in [0.1, 0.15) is 11.6 Å². The molecular weight excluding hydrogens is 432 g/mol. The van der Waals surface area contributed by atoms with Crippen molar-refractivity contribution in [3.8, 4) is 5.75 Å². The number of nitrogens with one attached hydrogen (secondary N) is 1. The number of hydrogen-bond donors (Lipinski definition) is 1. The van der Waals surface area contributed by atoms with E-state index in [4.69, 9.17) is 4.74 Å². The Morgan fingerprint density at radius 3 is 2.26 bits per heavy atom. The molecule has 2 aliphatic carbocycles. The maximum Gasteiger partial charge on any atom is 0.391 e. The Morgan fingerprint density at radius 2 is 1.77 bits per heavy atom. The van der Waals surface area contributed by atoms with E-state index in [1.165, 1.54) is 25.3 Å². The monoisotopic (exact) mass is 462 g/mol. The lowest BCUT2D eigenvalue weighted by atomic mass is 9.83. The van der Waals surface area contributed by atoms with Gasteiger partial charge < -0.3 is 4.74 Å². The highest BCUT2D eigenvalue weighted by Gasteiger charge is 2.40. The first-order chi connectivity index (χ1) is 14.7. The van der Waals surface area contributed by atoms with Gasteiger partial charge in [-0.1, -0.05) is 19.8 Å². The minimum Gasteiger partial charge on any atom is -0.496 e. The smallest absolute Gasteiger partial charge is 0.391 e. The SMILES string of the molecule is CC1CCC(C(F)(F)F)CC1.COc1cc(F)c(C(=O)NSN2CCC2)cc1C1CC1. The summed E-state index contributed by atoms with van der Waals surface area (Å²) in [5.41, 5.74) is 1.04. The first kappa shape index (κ1) is 24.2. The molecule has 4 rings (SSSR count). The van der Waals surface area contributed by atoms with Crippen LogP contribution in [0.4, 0.5) is 17.6 Å². The van der Waals surface area contributed by atoms with E-state index in [2.05, 4.69) is 4.72 Å². The molecule has 0 unspecified atom stereocenters. The van der Waals surface area contributed by atoms with Gasteiger partial charge in [0, 0.05) is 31.3 Å². The summed E-state index contributed by atoms with van der Waals surface area (Å²) in [5, 5.41) is 0. The number of rotatable bonds is 5. The molecule has 0 spiro atoms. The van der Waals surface area contributed by atoms with Gasteiger partial charge in [0.2, 0.25) is 0 Å². The van der Waals surface area contributed by atoms with E-state index in [0.29, 0.717) is 30.4 Å². The molecule has 0 bridgehead atoms. The van der Waals surface area contributed by atoms with Crippen molar-refractivity contribution in [2.24, 2.45) is 11.8 Å². The first-order valence-corrected chi connectivity index (χ1v) is 11.6. The largest absolute Gasteiger partial charge is 0.496 e. The van der Waals surface area contributed by atoms with Gasteiger partial charge in [-0.2, -0.15) is 13.2 Å². The van der Waals surface area contributed by atoms with Crippen LogP contribution in [-0.2, 0) is 0 Å². The van der Waals surface area contributed by atoms with Crippen molar-refractivity contribution in [1.82, 2.24) is 9.03 Å². The summed E-state index contributed by atoms with van der Waals surface area (Å²) in [4.78, 5) is 12.1. The molecule has 0 atom stereocenters. The molecule has 174 valence electrons. The molecule has 0 radical (unpaired) electrons. The van der Waals surface area contributed by atoms with Gasteiger partial charge >= 0.3 is 6.18 Å². The van der Waals surface area contributed by atoms with Gasteiger partial charge in [-0.05, 0) is 55.6 Å². The van der Waals surface area contributed by atoms with Gasteiger partial charge in [-0.3, -0.25) is 9.52 Å².